The quantitative estimate of drug-likeness (QED) is 0.894. The Morgan fingerprint density at radius 3 is 2.57 bits per heavy atom. The predicted molar refractivity (Wildman–Crippen MR) is 86.4 cm³/mol. The van der Waals surface area contributed by atoms with E-state index in [2.05, 4.69) is 19.9 Å². The number of hydrogen-bond acceptors (Lipinski definition) is 3. The maximum atomic E-state index is 6.38. The van der Waals surface area contributed by atoms with Crippen LogP contribution in [0.25, 0.3) is 0 Å². The number of nitrogens with two attached hydrogens (primary N) is 1. The second-order valence-electron chi connectivity index (χ2n) is 6.58. The molecule has 0 amide bonds. The fourth-order valence-electron chi connectivity index (χ4n) is 3.15. The van der Waals surface area contributed by atoms with E-state index in [0.717, 1.165) is 36.0 Å². The maximum Gasteiger partial charge on any atom is 0.119 e. The van der Waals surface area contributed by atoms with E-state index in [-0.39, 0.29) is 12.1 Å². The number of benzene rings is 1. The van der Waals surface area contributed by atoms with Crippen LogP contribution in [0.2, 0.25) is 0 Å². The minimum absolute atomic E-state index is 0.0354. The number of hydrogen-bond donors (Lipinski definition) is 1. The summed E-state index contributed by atoms with van der Waals surface area (Å²) in [5.41, 5.74) is 7.28. The molecule has 0 saturated heterocycles. The molecular formula is C18H29NO2. The zero-order valence-corrected chi connectivity index (χ0v) is 13.7. The Hall–Kier alpha value is -1.06. The molecule has 1 aromatic carbocycles. The minimum Gasteiger partial charge on any atom is -0.497 e. The van der Waals surface area contributed by atoms with Crippen LogP contribution in [-0.4, -0.2) is 19.3 Å². The van der Waals surface area contributed by atoms with Gasteiger partial charge in [0.2, 0.25) is 0 Å². The van der Waals surface area contributed by atoms with Gasteiger partial charge in [0.05, 0.1) is 19.3 Å². The second-order valence-corrected chi connectivity index (χ2v) is 6.58. The summed E-state index contributed by atoms with van der Waals surface area (Å²) in [5, 5.41) is 0. The Kier molecular flexibility index (Phi) is 5.65. The Balaban J connectivity index is 2.08. The summed E-state index contributed by atoms with van der Waals surface area (Å²) < 4.78 is 11.7. The summed E-state index contributed by atoms with van der Waals surface area (Å²) in [6.07, 6.45) is 3.77. The molecule has 0 aromatic heterocycles. The van der Waals surface area contributed by atoms with Gasteiger partial charge in [0.15, 0.2) is 0 Å². The second kappa shape index (κ2) is 7.28. The van der Waals surface area contributed by atoms with Crippen molar-refractivity contribution in [2.45, 2.75) is 58.3 Å². The predicted octanol–water partition coefficient (Wildman–Crippen LogP) is 3.92. The number of rotatable bonds is 5. The van der Waals surface area contributed by atoms with Crippen molar-refractivity contribution in [1.29, 1.82) is 0 Å². The summed E-state index contributed by atoms with van der Waals surface area (Å²) in [7, 11) is 1.69. The van der Waals surface area contributed by atoms with Gasteiger partial charge in [-0.1, -0.05) is 26.0 Å². The van der Waals surface area contributed by atoms with E-state index in [4.69, 9.17) is 15.2 Å². The van der Waals surface area contributed by atoms with Gasteiger partial charge < -0.3 is 15.2 Å². The van der Waals surface area contributed by atoms with Crippen molar-refractivity contribution in [2.24, 2.45) is 17.6 Å². The number of ether oxygens (including phenoxy) is 2. The van der Waals surface area contributed by atoms with E-state index < -0.39 is 0 Å². The molecule has 0 radical (unpaired) electrons. The number of methoxy groups -OCH3 is 1. The first kappa shape index (κ1) is 16.3. The van der Waals surface area contributed by atoms with Crippen LogP contribution in [-0.2, 0) is 4.74 Å². The average Bonchev–Trinajstić information content (AvgIpc) is 2.48. The van der Waals surface area contributed by atoms with Gasteiger partial charge in [0, 0.05) is 6.04 Å². The van der Waals surface area contributed by atoms with E-state index in [9.17, 15) is 0 Å². The summed E-state index contributed by atoms with van der Waals surface area (Å²) in [4.78, 5) is 0. The van der Waals surface area contributed by atoms with Crippen LogP contribution in [0.3, 0.4) is 0 Å². The Morgan fingerprint density at radius 1 is 1.19 bits per heavy atom. The summed E-state index contributed by atoms with van der Waals surface area (Å²) in [6, 6.07) is 8.02. The molecule has 1 aromatic rings. The highest BCUT2D eigenvalue weighted by atomic mass is 16.5. The van der Waals surface area contributed by atoms with E-state index in [0.29, 0.717) is 6.10 Å². The van der Waals surface area contributed by atoms with Gasteiger partial charge in [-0.3, -0.25) is 0 Å². The summed E-state index contributed by atoms with van der Waals surface area (Å²) in [5.74, 6) is 2.38. The van der Waals surface area contributed by atoms with E-state index in [1.165, 1.54) is 6.42 Å². The molecule has 3 nitrogen and oxygen atoms in total. The first-order valence-corrected chi connectivity index (χ1v) is 8.06. The van der Waals surface area contributed by atoms with E-state index in [1.807, 2.05) is 25.1 Å². The molecule has 5 atom stereocenters. The Morgan fingerprint density at radius 2 is 1.95 bits per heavy atom. The monoisotopic (exact) mass is 291 g/mol. The third-order valence-corrected chi connectivity index (χ3v) is 4.79. The van der Waals surface area contributed by atoms with Crippen molar-refractivity contribution in [2.75, 3.05) is 7.11 Å². The molecule has 0 bridgehead atoms. The largest absolute Gasteiger partial charge is 0.497 e. The van der Waals surface area contributed by atoms with Crippen LogP contribution in [0.1, 0.15) is 51.7 Å². The van der Waals surface area contributed by atoms with Crippen molar-refractivity contribution in [3.63, 3.8) is 0 Å². The average molecular weight is 291 g/mol. The van der Waals surface area contributed by atoms with Gasteiger partial charge >= 0.3 is 0 Å². The molecule has 1 fully saturated rings. The van der Waals surface area contributed by atoms with Crippen LogP contribution in [0.15, 0.2) is 24.3 Å². The van der Waals surface area contributed by atoms with Gasteiger partial charge in [-0.05, 0) is 55.7 Å². The van der Waals surface area contributed by atoms with Crippen molar-refractivity contribution < 1.29 is 9.47 Å². The molecule has 118 valence electrons. The smallest absolute Gasteiger partial charge is 0.119 e. The van der Waals surface area contributed by atoms with Gasteiger partial charge in [-0.15, -0.1) is 0 Å². The van der Waals surface area contributed by atoms with Gasteiger partial charge in [0.1, 0.15) is 5.75 Å². The fraction of sp³-hybridized carbons (Fsp3) is 0.667. The van der Waals surface area contributed by atoms with Crippen molar-refractivity contribution in [3.8, 4) is 5.75 Å². The molecule has 1 saturated carbocycles. The molecule has 2 N–H and O–H groups in total. The highest BCUT2D eigenvalue weighted by molar-refractivity contribution is 5.30. The highest BCUT2D eigenvalue weighted by Crippen LogP contribution is 2.34. The Labute approximate surface area is 128 Å². The summed E-state index contributed by atoms with van der Waals surface area (Å²) in [6.45, 7) is 6.68. The molecule has 3 heteroatoms. The zero-order valence-electron chi connectivity index (χ0n) is 13.7. The molecule has 21 heavy (non-hydrogen) atoms. The first-order valence-electron chi connectivity index (χ1n) is 8.06. The van der Waals surface area contributed by atoms with Crippen LogP contribution in [0.5, 0.6) is 5.75 Å². The molecule has 0 heterocycles. The molecule has 2 rings (SSSR count). The molecule has 0 aliphatic heterocycles. The van der Waals surface area contributed by atoms with Crippen LogP contribution >= 0.6 is 0 Å². The van der Waals surface area contributed by atoms with E-state index in [1.54, 1.807) is 7.11 Å². The molecule has 0 spiro atoms. The molecule has 1 aliphatic carbocycles. The van der Waals surface area contributed by atoms with Crippen LogP contribution in [0, 0.1) is 11.8 Å². The van der Waals surface area contributed by atoms with Gasteiger partial charge in [-0.25, -0.2) is 0 Å². The lowest BCUT2D eigenvalue weighted by Crippen LogP contribution is -2.34. The van der Waals surface area contributed by atoms with Crippen molar-refractivity contribution in [1.82, 2.24) is 0 Å². The highest BCUT2D eigenvalue weighted by Gasteiger charge is 2.29. The third-order valence-electron chi connectivity index (χ3n) is 4.79. The lowest BCUT2D eigenvalue weighted by atomic mass is 9.80. The minimum atomic E-state index is -0.0642. The van der Waals surface area contributed by atoms with Gasteiger partial charge in [0.25, 0.3) is 0 Å². The standard InChI is InChI=1S/C18H29NO2/c1-12-8-9-17(10-13(12)2)21-18(14(3)19)15-6-5-7-16(11-15)20-4/h5-7,11-14,17-18H,8-10,19H2,1-4H3. The molecular weight excluding hydrogens is 262 g/mol. The van der Waals surface area contributed by atoms with Crippen molar-refractivity contribution in [3.05, 3.63) is 29.8 Å². The molecule has 1 aliphatic rings. The Bertz CT molecular complexity index is 447. The zero-order chi connectivity index (χ0) is 15.4. The van der Waals surface area contributed by atoms with Crippen LogP contribution in [0.4, 0.5) is 0 Å². The topological polar surface area (TPSA) is 44.5 Å². The van der Waals surface area contributed by atoms with Gasteiger partial charge in [-0.2, -0.15) is 0 Å². The first-order chi connectivity index (χ1) is 10.0. The third kappa shape index (κ3) is 4.21. The SMILES string of the molecule is COc1cccc(C(OC2CCC(C)C(C)C2)C(C)N)c1. The van der Waals surface area contributed by atoms with Crippen molar-refractivity contribution >= 4 is 0 Å². The summed E-state index contributed by atoms with van der Waals surface area (Å²) >= 11 is 0. The lowest BCUT2D eigenvalue weighted by Gasteiger charge is -2.35. The van der Waals surface area contributed by atoms with E-state index >= 15 is 0 Å². The molecule has 5 unspecified atom stereocenters. The van der Waals surface area contributed by atoms with Crippen LogP contribution < -0.4 is 10.5 Å². The maximum absolute atomic E-state index is 6.38. The normalized spacial score (nSPS) is 28.9. The fourth-order valence-corrected chi connectivity index (χ4v) is 3.15. The lowest BCUT2D eigenvalue weighted by molar-refractivity contribution is -0.0569.